The lowest BCUT2D eigenvalue weighted by atomic mass is 10.2. The molecule has 1 aliphatic rings. The van der Waals surface area contributed by atoms with Gasteiger partial charge in [-0.2, -0.15) is 4.98 Å². The van der Waals surface area contributed by atoms with E-state index in [1.165, 1.54) is 19.3 Å². The van der Waals surface area contributed by atoms with Crippen LogP contribution in [-0.4, -0.2) is 33.1 Å². The number of nitrogens with zero attached hydrogens (tertiary/aromatic N) is 3. The molecule has 0 bridgehead atoms. The Hall–Kier alpha value is -1.62. The van der Waals surface area contributed by atoms with Crippen LogP contribution < -0.4 is 5.43 Å². The van der Waals surface area contributed by atoms with Crippen LogP contribution in [0.2, 0.25) is 0 Å². The number of hydrogen-bond donors (Lipinski definition) is 2. The van der Waals surface area contributed by atoms with Gasteiger partial charge in [0.25, 0.3) is 0 Å². The zero-order chi connectivity index (χ0) is 10.8. The molecule has 0 spiro atoms. The molecule has 2 N–H and O–H groups in total. The van der Waals surface area contributed by atoms with Gasteiger partial charge in [-0.3, -0.25) is 5.43 Å². The van der Waals surface area contributed by atoms with Crippen molar-refractivity contribution in [2.24, 2.45) is 0 Å². The summed E-state index contributed by atoms with van der Waals surface area (Å²) in [5.74, 6) is 0.788. The van der Waals surface area contributed by atoms with Gasteiger partial charge in [-0.25, -0.2) is 9.99 Å². The normalized spacial score (nSPS) is 17.8. The highest BCUT2D eigenvalue weighted by atomic mass is 15.5. The molecule has 0 unspecified atom stereocenters. The molecule has 3 heterocycles. The van der Waals surface area contributed by atoms with E-state index in [0.29, 0.717) is 0 Å². The first kappa shape index (κ1) is 9.59. The first-order chi connectivity index (χ1) is 7.92. The third-order valence-corrected chi connectivity index (χ3v) is 2.88. The van der Waals surface area contributed by atoms with Crippen molar-refractivity contribution < 1.29 is 0 Å². The predicted octanol–water partition coefficient (Wildman–Crippen LogP) is 1.77. The third kappa shape index (κ3) is 1.86. The number of nitrogens with one attached hydrogen (secondary N) is 2. The highest BCUT2D eigenvalue weighted by Gasteiger charge is 2.11. The van der Waals surface area contributed by atoms with Crippen molar-refractivity contribution in [3.8, 4) is 0 Å². The Kier molecular flexibility index (Phi) is 2.46. The van der Waals surface area contributed by atoms with E-state index in [1.54, 1.807) is 6.20 Å². The van der Waals surface area contributed by atoms with E-state index >= 15 is 0 Å². The van der Waals surface area contributed by atoms with Gasteiger partial charge in [0, 0.05) is 19.3 Å². The number of fused-ring (bicyclic) bond motifs is 1. The van der Waals surface area contributed by atoms with Crippen molar-refractivity contribution in [2.75, 3.05) is 18.5 Å². The number of hydrazine groups is 1. The largest absolute Gasteiger partial charge is 0.322 e. The van der Waals surface area contributed by atoms with Gasteiger partial charge in [0.2, 0.25) is 5.95 Å². The Morgan fingerprint density at radius 3 is 2.94 bits per heavy atom. The van der Waals surface area contributed by atoms with Crippen molar-refractivity contribution in [1.29, 1.82) is 0 Å². The second-order valence-corrected chi connectivity index (χ2v) is 4.12. The van der Waals surface area contributed by atoms with E-state index < -0.39 is 0 Å². The number of anilines is 1. The summed E-state index contributed by atoms with van der Waals surface area (Å²) in [4.78, 5) is 11.8. The topological polar surface area (TPSA) is 56.8 Å². The Balaban J connectivity index is 1.78. The monoisotopic (exact) mass is 217 g/mol. The maximum Gasteiger partial charge on any atom is 0.217 e. The summed E-state index contributed by atoms with van der Waals surface area (Å²) in [6, 6.07) is 3.89. The molecular formula is C11H15N5. The Morgan fingerprint density at radius 1 is 1.25 bits per heavy atom. The zero-order valence-electron chi connectivity index (χ0n) is 9.11. The van der Waals surface area contributed by atoms with Crippen LogP contribution in [0.15, 0.2) is 18.3 Å². The second-order valence-electron chi connectivity index (χ2n) is 4.12. The SMILES string of the molecule is c1cnc2nc(NN3CCCCC3)[nH]c2c1. The minimum absolute atomic E-state index is 0.766. The van der Waals surface area contributed by atoms with Crippen molar-refractivity contribution >= 4 is 17.1 Å². The van der Waals surface area contributed by atoms with Crippen LogP contribution in [-0.2, 0) is 0 Å². The van der Waals surface area contributed by atoms with Crippen LogP contribution in [0.3, 0.4) is 0 Å². The number of rotatable bonds is 2. The van der Waals surface area contributed by atoms with Crippen LogP contribution in [0.1, 0.15) is 19.3 Å². The first-order valence-electron chi connectivity index (χ1n) is 5.74. The standard InChI is InChI=1S/C11H15N5/c1-2-7-16(8-3-1)15-11-13-9-5-4-6-12-10(9)14-11/h4-6H,1-3,7-8H2,(H2,12,13,14,15). The van der Waals surface area contributed by atoms with Crippen LogP contribution in [0.4, 0.5) is 5.95 Å². The van der Waals surface area contributed by atoms with Gasteiger partial charge in [-0.15, -0.1) is 0 Å². The molecule has 84 valence electrons. The minimum atomic E-state index is 0.766. The van der Waals surface area contributed by atoms with Crippen molar-refractivity contribution in [1.82, 2.24) is 20.0 Å². The molecule has 1 fully saturated rings. The maximum absolute atomic E-state index is 4.39. The van der Waals surface area contributed by atoms with Gasteiger partial charge in [0.15, 0.2) is 5.65 Å². The van der Waals surface area contributed by atoms with Gasteiger partial charge in [0.1, 0.15) is 0 Å². The third-order valence-electron chi connectivity index (χ3n) is 2.88. The molecule has 0 amide bonds. The second kappa shape index (κ2) is 4.09. The lowest BCUT2D eigenvalue weighted by molar-refractivity contribution is 0.271. The van der Waals surface area contributed by atoms with Crippen molar-refractivity contribution in [3.05, 3.63) is 18.3 Å². The average molecular weight is 217 g/mol. The summed E-state index contributed by atoms with van der Waals surface area (Å²) in [6.45, 7) is 2.18. The molecule has 0 radical (unpaired) electrons. The lowest BCUT2D eigenvalue weighted by Gasteiger charge is -2.26. The molecule has 1 aliphatic heterocycles. The Morgan fingerprint density at radius 2 is 2.12 bits per heavy atom. The summed E-state index contributed by atoms with van der Waals surface area (Å²) < 4.78 is 0. The first-order valence-corrected chi connectivity index (χ1v) is 5.74. The molecule has 0 atom stereocenters. The Bertz CT molecular complexity index is 439. The fourth-order valence-corrected chi connectivity index (χ4v) is 2.05. The summed E-state index contributed by atoms with van der Waals surface area (Å²) >= 11 is 0. The van der Waals surface area contributed by atoms with Crippen LogP contribution in [0, 0.1) is 0 Å². The maximum atomic E-state index is 4.39. The zero-order valence-corrected chi connectivity index (χ0v) is 9.11. The smallest absolute Gasteiger partial charge is 0.217 e. The quantitative estimate of drug-likeness (QED) is 0.805. The van der Waals surface area contributed by atoms with E-state index in [4.69, 9.17) is 0 Å². The van der Waals surface area contributed by atoms with Crippen molar-refractivity contribution in [3.63, 3.8) is 0 Å². The van der Waals surface area contributed by atoms with Gasteiger partial charge in [-0.05, 0) is 25.0 Å². The van der Waals surface area contributed by atoms with E-state index in [9.17, 15) is 0 Å². The van der Waals surface area contributed by atoms with Crippen LogP contribution >= 0.6 is 0 Å². The summed E-state index contributed by atoms with van der Waals surface area (Å²) in [5, 5.41) is 2.21. The molecular weight excluding hydrogens is 202 g/mol. The van der Waals surface area contributed by atoms with E-state index in [0.717, 1.165) is 30.2 Å². The number of hydrogen-bond acceptors (Lipinski definition) is 4. The molecule has 1 saturated heterocycles. The molecule has 0 saturated carbocycles. The number of pyridine rings is 1. The van der Waals surface area contributed by atoms with Gasteiger partial charge in [-0.1, -0.05) is 6.42 Å². The number of aromatic amines is 1. The molecule has 2 aromatic rings. The van der Waals surface area contributed by atoms with Crippen molar-refractivity contribution in [2.45, 2.75) is 19.3 Å². The minimum Gasteiger partial charge on any atom is -0.322 e. The Labute approximate surface area is 93.9 Å². The number of H-pyrrole nitrogens is 1. The number of piperidine rings is 1. The fraction of sp³-hybridized carbons (Fsp3) is 0.455. The molecule has 5 heteroatoms. The van der Waals surface area contributed by atoms with E-state index in [-0.39, 0.29) is 0 Å². The van der Waals surface area contributed by atoms with E-state index in [1.807, 2.05) is 12.1 Å². The van der Waals surface area contributed by atoms with Gasteiger partial charge in [0.05, 0.1) is 5.52 Å². The van der Waals surface area contributed by atoms with Gasteiger partial charge >= 0.3 is 0 Å². The summed E-state index contributed by atoms with van der Waals surface area (Å²) in [5.41, 5.74) is 5.04. The molecule has 16 heavy (non-hydrogen) atoms. The number of imidazole rings is 1. The summed E-state index contributed by atoms with van der Waals surface area (Å²) in [6.07, 6.45) is 5.60. The molecule has 5 nitrogen and oxygen atoms in total. The fourth-order valence-electron chi connectivity index (χ4n) is 2.05. The molecule has 0 aromatic carbocycles. The summed E-state index contributed by atoms with van der Waals surface area (Å²) in [7, 11) is 0. The van der Waals surface area contributed by atoms with Gasteiger partial charge < -0.3 is 4.98 Å². The molecule has 2 aromatic heterocycles. The van der Waals surface area contributed by atoms with Crippen LogP contribution in [0.5, 0.6) is 0 Å². The number of aromatic nitrogens is 3. The van der Waals surface area contributed by atoms with E-state index in [2.05, 4.69) is 25.4 Å². The molecule has 0 aliphatic carbocycles. The average Bonchev–Trinajstić information content (AvgIpc) is 2.72. The van der Waals surface area contributed by atoms with Crippen LogP contribution in [0.25, 0.3) is 11.2 Å². The molecule has 3 rings (SSSR count). The predicted molar refractivity (Wildman–Crippen MR) is 62.9 cm³/mol. The lowest BCUT2D eigenvalue weighted by Crippen LogP contribution is -2.35. The highest BCUT2D eigenvalue weighted by molar-refractivity contribution is 5.72. The highest BCUT2D eigenvalue weighted by Crippen LogP contribution is 2.13.